The van der Waals surface area contributed by atoms with Crippen LogP contribution in [0.5, 0.6) is 0 Å². The first kappa shape index (κ1) is 36.2. The lowest BCUT2D eigenvalue weighted by molar-refractivity contribution is 0.980. The van der Waals surface area contributed by atoms with Crippen LogP contribution in [0.25, 0.3) is 45.0 Å². The van der Waals surface area contributed by atoms with E-state index in [4.69, 9.17) is 15.0 Å². The molecule has 4 aromatic carbocycles. The van der Waals surface area contributed by atoms with Gasteiger partial charge < -0.3 is 0 Å². The summed E-state index contributed by atoms with van der Waals surface area (Å²) in [5, 5.41) is 0. The summed E-state index contributed by atoms with van der Waals surface area (Å²) in [6.07, 6.45) is 0. The fraction of sp³-hybridized carbons (Fsp3) is 0.413. The van der Waals surface area contributed by atoms with Crippen molar-refractivity contribution in [1.29, 1.82) is 0 Å². The molecule has 0 amide bonds. The Morgan fingerprint density at radius 1 is 0.184 bits per heavy atom. The molecule has 1 aromatic heterocycles. The number of nitrogens with zero attached hydrogens (tertiary/aromatic N) is 3. The van der Waals surface area contributed by atoms with Crippen LogP contribution in [0, 0.1) is 132 Å². The van der Waals surface area contributed by atoms with E-state index in [2.05, 4.69) is 125 Å². The third kappa shape index (κ3) is 5.36. The minimum atomic E-state index is 0.740. The molecule has 3 nitrogen and oxygen atoms in total. The lowest BCUT2D eigenvalue weighted by Gasteiger charge is -2.26. The van der Waals surface area contributed by atoms with Crippen molar-refractivity contribution in [3.8, 4) is 45.0 Å². The van der Waals surface area contributed by atoms with Crippen LogP contribution in [0.4, 0.5) is 0 Å². The fourth-order valence-corrected chi connectivity index (χ4v) is 8.50. The maximum Gasteiger partial charge on any atom is 0.164 e. The molecule has 0 radical (unpaired) electrons. The number of aromatic nitrogens is 3. The molecule has 0 saturated heterocycles. The third-order valence-corrected chi connectivity index (χ3v) is 12.9. The van der Waals surface area contributed by atoms with E-state index in [1.165, 1.54) is 122 Å². The van der Waals surface area contributed by atoms with Gasteiger partial charge in [-0.1, -0.05) is 0 Å². The van der Waals surface area contributed by atoms with Gasteiger partial charge in [0, 0.05) is 11.1 Å². The molecular weight excluding hydrogens is 595 g/mol. The molecule has 0 aliphatic heterocycles. The Hall–Kier alpha value is -4.11. The minimum Gasteiger partial charge on any atom is -0.213 e. The van der Waals surface area contributed by atoms with Crippen molar-refractivity contribution in [2.45, 2.75) is 132 Å². The van der Waals surface area contributed by atoms with E-state index < -0.39 is 0 Å². The molecule has 0 aliphatic carbocycles. The largest absolute Gasteiger partial charge is 0.213 e. The van der Waals surface area contributed by atoms with Gasteiger partial charge in [0.05, 0.1) is 0 Å². The predicted octanol–water partition coefficient (Wildman–Crippen LogP) is 12.4. The summed E-state index contributed by atoms with van der Waals surface area (Å²) in [6.45, 7) is 42.8. The van der Waals surface area contributed by atoms with Gasteiger partial charge in [0.15, 0.2) is 11.6 Å². The van der Waals surface area contributed by atoms with Gasteiger partial charge >= 0.3 is 0 Å². The number of hydrogen-bond donors (Lipinski definition) is 0. The van der Waals surface area contributed by atoms with Crippen molar-refractivity contribution >= 4 is 0 Å². The van der Waals surface area contributed by atoms with Crippen molar-refractivity contribution in [2.75, 3.05) is 0 Å². The Balaban J connectivity index is 1.77. The highest BCUT2D eigenvalue weighted by molar-refractivity contribution is 5.87. The molecule has 0 saturated carbocycles. The fourth-order valence-electron chi connectivity index (χ4n) is 8.50. The number of benzene rings is 4. The SMILES string of the molecule is Cc1nc(-c2c(C)c(C)c(-c3c(C)c(C)c(C)c(C)c3C)c(C)c2C)nc(-c2c(C)c(C)c(-c3c(C)c(C)c(C)c(C)c3C)c(C)c2C)n1. The van der Waals surface area contributed by atoms with Crippen LogP contribution in [0.1, 0.15) is 106 Å². The second-order valence-electron chi connectivity index (χ2n) is 15.0. The van der Waals surface area contributed by atoms with Gasteiger partial charge in [-0.15, -0.1) is 0 Å². The molecule has 0 unspecified atom stereocenters. The van der Waals surface area contributed by atoms with E-state index in [9.17, 15) is 0 Å². The minimum absolute atomic E-state index is 0.740. The molecule has 0 N–H and O–H groups in total. The maximum atomic E-state index is 5.31. The molecule has 0 bridgehead atoms. The van der Waals surface area contributed by atoms with Crippen LogP contribution in [0.15, 0.2) is 0 Å². The average molecular weight is 652 g/mol. The van der Waals surface area contributed by atoms with Crippen molar-refractivity contribution in [2.24, 2.45) is 0 Å². The van der Waals surface area contributed by atoms with Gasteiger partial charge in [0.1, 0.15) is 5.82 Å². The zero-order valence-corrected chi connectivity index (χ0v) is 33.8. The average Bonchev–Trinajstić information content (AvgIpc) is 3.05. The van der Waals surface area contributed by atoms with Crippen LogP contribution in [0.3, 0.4) is 0 Å². The van der Waals surface area contributed by atoms with Crippen LogP contribution in [-0.4, -0.2) is 15.0 Å². The Morgan fingerprint density at radius 3 is 0.571 bits per heavy atom. The normalized spacial score (nSPS) is 11.6. The Bertz CT molecular complexity index is 1970. The molecule has 5 aromatic rings. The second-order valence-corrected chi connectivity index (χ2v) is 15.0. The molecule has 256 valence electrons. The summed E-state index contributed by atoms with van der Waals surface area (Å²) in [5.41, 5.74) is 31.6. The molecule has 3 heteroatoms. The van der Waals surface area contributed by atoms with Crippen LogP contribution >= 0.6 is 0 Å². The van der Waals surface area contributed by atoms with Gasteiger partial charge in [-0.2, -0.15) is 0 Å². The molecular formula is C46H57N3. The summed E-state index contributed by atoms with van der Waals surface area (Å²) in [6, 6.07) is 0. The summed E-state index contributed by atoms with van der Waals surface area (Å²) < 4.78 is 0. The lowest BCUT2D eigenvalue weighted by atomic mass is 9.79. The number of rotatable bonds is 4. The molecule has 0 atom stereocenters. The highest BCUT2D eigenvalue weighted by atomic mass is 15.0. The van der Waals surface area contributed by atoms with E-state index in [1.807, 2.05) is 6.92 Å². The van der Waals surface area contributed by atoms with E-state index in [0.29, 0.717) is 0 Å². The summed E-state index contributed by atoms with van der Waals surface area (Å²) in [4.78, 5) is 15.3. The van der Waals surface area contributed by atoms with Crippen LogP contribution < -0.4 is 0 Å². The molecule has 49 heavy (non-hydrogen) atoms. The van der Waals surface area contributed by atoms with Crippen molar-refractivity contribution < 1.29 is 0 Å². The van der Waals surface area contributed by atoms with E-state index in [-0.39, 0.29) is 0 Å². The molecule has 0 aliphatic rings. The van der Waals surface area contributed by atoms with E-state index in [0.717, 1.165) is 28.6 Å². The Labute approximate surface area is 296 Å². The maximum absolute atomic E-state index is 5.31. The first-order valence-corrected chi connectivity index (χ1v) is 17.8. The van der Waals surface area contributed by atoms with Crippen molar-refractivity contribution in [3.05, 3.63) is 106 Å². The molecule has 5 rings (SSSR count). The van der Waals surface area contributed by atoms with Gasteiger partial charge in [-0.3, -0.25) is 0 Å². The van der Waals surface area contributed by atoms with Gasteiger partial charge in [0.25, 0.3) is 0 Å². The van der Waals surface area contributed by atoms with Crippen molar-refractivity contribution in [3.63, 3.8) is 0 Å². The lowest BCUT2D eigenvalue weighted by Crippen LogP contribution is -2.09. The second kappa shape index (κ2) is 12.7. The predicted molar refractivity (Wildman–Crippen MR) is 212 cm³/mol. The molecule has 0 spiro atoms. The highest BCUT2D eigenvalue weighted by Crippen LogP contribution is 2.45. The zero-order chi connectivity index (χ0) is 36.7. The topological polar surface area (TPSA) is 38.7 Å². The summed E-state index contributed by atoms with van der Waals surface area (Å²) in [5.74, 6) is 2.26. The Kier molecular flexibility index (Phi) is 9.34. The molecule has 0 fully saturated rings. The van der Waals surface area contributed by atoms with Gasteiger partial charge in [-0.05, 0) is 254 Å². The number of hydrogen-bond acceptors (Lipinski definition) is 3. The van der Waals surface area contributed by atoms with Crippen LogP contribution in [-0.2, 0) is 0 Å². The van der Waals surface area contributed by atoms with Crippen LogP contribution in [0.2, 0.25) is 0 Å². The monoisotopic (exact) mass is 651 g/mol. The molecule has 1 heterocycles. The summed E-state index contributed by atoms with van der Waals surface area (Å²) >= 11 is 0. The smallest absolute Gasteiger partial charge is 0.164 e. The van der Waals surface area contributed by atoms with E-state index >= 15 is 0 Å². The van der Waals surface area contributed by atoms with Gasteiger partial charge in [0.2, 0.25) is 0 Å². The Morgan fingerprint density at radius 2 is 0.347 bits per heavy atom. The van der Waals surface area contributed by atoms with E-state index in [1.54, 1.807) is 0 Å². The quantitative estimate of drug-likeness (QED) is 0.194. The summed E-state index contributed by atoms with van der Waals surface area (Å²) in [7, 11) is 0. The first-order chi connectivity index (χ1) is 22.8. The standard InChI is InChI=1S/C46H57N3/c1-20-22(3)26(7)39(27(8)23(20)4)41-30(11)34(15)43(35(16)31(41)12)45-47-38(19)48-46(49-45)44-36(17)32(13)42(33(14)37(44)18)40-28(9)24(5)21(2)25(6)29(40)10/h1-19H3. The van der Waals surface area contributed by atoms with Gasteiger partial charge in [-0.25, -0.2) is 15.0 Å². The number of aryl methyl sites for hydroxylation is 1. The third-order valence-electron chi connectivity index (χ3n) is 12.9. The first-order valence-electron chi connectivity index (χ1n) is 17.8. The van der Waals surface area contributed by atoms with Crippen molar-refractivity contribution in [1.82, 2.24) is 15.0 Å². The zero-order valence-electron chi connectivity index (χ0n) is 33.8. The highest BCUT2D eigenvalue weighted by Gasteiger charge is 2.26.